The van der Waals surface area contributed by atoms with Crippen LogP contribution in [0.4, 0.5) is 0 Å². The van der Waals surface area contributed by atoms with Crippen LogP contribution in [0, 0.1) is 0 Å². The molecular formula is C13H19Br. The molecule has 0 nitrogen and oxygen atoms in total. The molecule has 0 N–H and O–H groups in total. The first-order valence-electron chi connectivity index (χ1n) is 5.51. The summed E-state index contributed by atoms with van der Waals surface area (Å²) >= 11 is 3.48. The van der Waals surface area contributed by atoms with Gasteiger partial charge < -0.3 is 0 Å². The van der Waals surface area contributed by atoms with Gasteiger partial charge in [0.15, 0.2) is 0 Å². The van der Waals surface area contributed by atoms with Crippen LogP contribution in [0.1, 0.15) is 37.3 Å². The summed E-state index contributed by atoms with van der Waals surface area (Å²) in [5, 5.41) is 1.11. The fraction of sp³-hybridized carbons (Fsp3) is 0.538. The summed E-state index contributed by atoms with van der Waals surface area (Å²) < 4.78 is 0. The average molecular weight is 255 g/mol. The lowest BCUT2D eigenvalue weighted by Crippen LogP contribution is -1.94. The van der Waals surface area contributed by atoms with Crippen LogP contribution in [0.2, 0.25) is 0 Å². The van der Waals surface area contributed by atoms with Crippen molar-refractivity contribution in [3.05, 3.63) is 35.4 Å². The van der Waals surface area contributed by atoms with Crippen molar-refractivity contribution in [3.63, 3.8) is 0 Å². The van der Waals surface area contributed by atoms with E-state index >= 15 is 0 Å². The minimum atomic E-state index is 1.11. The number of benzene rings is 1. The number of halogens is 1. The summed E-state index contributed by atoms with van der Waals surface area (Å²) in [5.74, 6) is 0. The Balaban J connectivity index is 2.60. The lowest BCUT2D eigenvalue weighted by Gasteiger charge is -2.07. The lowest BCUT2D eigenvalue weighted by molar-refractivity contribution is 0.781. The van der Waals surface area contributed by atoms with Crippen LogP contribution < -0.4 is 0 Å². The van der Waals surface area contributed by atoms with Gasteiger partial charge >= 0.3 is 0 Å². The van der Waals surface area contributed by atoms with Crippen LogP contribution in [-0.2, 0) is 12.8 Å². The summed E-state index contributed by atoms with van der Waals surface area (Å²) in [6, 6.07) is 8.86. The van der Waals surface area contributed by atoms with Gasteiger partial charge in [-0.25, -0.2) is 0 Å². The van der Waals surface area contributed by atoms with Crippen LogP contribution in [-0.4, -0.2) is 5.33 Å². The number of aryl methyl sites for hydroxylation is 2. The highest BCUT2D eigenvalue weighted by atomic mass is 79.9. The Labute approximate surface area is 95.9 Å². The molecule has 0 amide bonds. The summed E-state index contributed by atoms with van der Waals surface area (Å²) in [5.41, 5.74) is 3.09. The maximum Gasteiger partial charge on any atom is 0.00344 e. The van der Waals surface area contributed by atoms with Gasteiger partial charge in [-0.1, -0.05) is 53.5 Å². The van der Waals surface area contributed by atoms with E-state index in [1.807, 2.05) is 0 Å². The number of rotatable bonds is 6. The molecule has 0 saturated carbocycles. The SMILES string of the molecule is CCCCc1ccccc1CCCBr. The Bertz CT molecular complexity index is 228. The standard InChI is InChI=1S/C13H19Br/c1-2-3-7-12-8-4-5-9-13(12)10-6-11-14/h4-5,8-9H,2-3,6-7,10-11H2,1H3. The lowest BCUT2D eigenvalue weighted by atomic mass is 9.99. The van der Waals surface area contributed by atoms with Crippen molar-refractivity contribution < 1.29 is 0 Å². The fourth-order valence-corrected chi connectivity index (χ4v) is 1.95. The van der Waals surface area contributed by atoms with Gasteiger partial charge in [-0.05, 0) is 36.8 Å². The highest BCUT2D eigenvalue weighted by Crippen LogP contribution is 2.14. The normalized spacial score (nSPS) is 10.4. The molecule has 0 spiro atoms. The Hall–Kier alpha value is -0.300. The van der Waals surface area contributed by atoms with E-state index in [4.69, 9.17) is 0 Å². The van der Waals surface area contributed by atoms with Crippen molar-refractivity contribution in [2.45, 2.75) is 39.0 Å². The van der Waals surface area contributed by atoms with Crippen LogP contribution in [0.15, 0.2) is 24.3 Å². The Morgan fingerprint density at radius 3 is 2.07 bits per heavy atom. The minimum Gasteiger partial charge on any atom is -0.0928 e. The largest absolute Gasteiger partial charge is 0.0928 e. The van der Waals surface area contributed by atoms with Gasteiger partial charge in [-0.3, -0.25) is 0 Å². The van der Waals surface area contributed by atoms with Gasteiger partial charge in [0.2, 0.25) is 0 Å². The molecule has 78 valence electrons. The van der Waals surface area contributed by atoms with E-state index in [-0.39, 0.29) is 0 Å². The zero-order chi connectivity index (χ0) is 10.2. The summed E-state index contributed by atoms with van der Waals surface area (Å²) in [6.07, 6.45) is 6.29. The van der Waals surface area contributed by atoms with Gasteiger partial charge in [0.05, 0.1) is 0 Å². The fourth-order valence-electron chi connectivity index (χ4n) is 1.67. The highest BCUT2D eigenvalue weighted by molar-refractivity contribution is 9.09. The molecular weight excluding hydrogens is 236 g/mol. The van der Waals surface area contributed by atoms with Crippen molar-refractivity contribution in [2.24, 2.45) is 0 Å². The van der Waals surface area contributed by atoms with Gasteiger partial charge in [-0.2, -0.15) is 0 Å². The summed E-state index contributed by atoms with van der Waals surface area (Å²) in [4.78, 5) is 0. The zero-order valence-electron chi connectivity index (χ0n) is 8.93. The molecule has 0 aromatic heterocycles. The quantitative estimate of drug-likeness (QED) is 0.662. The molecule has 0 heterocycles. The number of unbranched alkanes of at least 4 members (excludes halogenated alkanes) is 1. The molecule has 0 fully saturated rings. The first-order chi connectivity index (χ1) is 6.88. The van der Waals surface area contributed by atoms with E-state index in [1.54, 1.807) is 11.1 Å². The molecule has 0 radical (unpaired) electrons. The van der Waals surface area contributed by atoms with Gasteiger partial charge in [0.1, 0.15) is 0 Å². The molecule has 0 aliphatic heterocycles. The van der Waals surface area contributed by atoms with E-state index in [2.05, 4.69) is 47.1 Å². The first kappa shape index (κ1) is 11.8. The second-order valence-corrected chi connectivity index (χ2v) is 4.46. The van der Waals surface area contributed by atoms with E-state index in [9.17, 15) is 0 Å². The Morgan fingerprint density at radius 2 is 1.57 bits per heavy atom. The van der Waals surface area contributed by atoms with Crippen LogP contribution in [0.5, 0.6) is 0 Å². The third kappa shape index (κ3) is 3.83. The molecule has 0 bridgehead atoms. The molecule has 0 saturated heterocycles. The summed E-state index contributed by atoms with van der Waals surface area (Å²) in [7, 11) is 0. The maximum atomic E-state index is 3.48. The predicted octanol–water partition coefficient (Wildman–Crippen LogP) is 4.36. The second kappa shape index (κ2) is 7.05. The molecule has 0 aliphatic carbocycles. The van der Waals surface area contributed by atoms with Gasteiger partial charge in [0.25, 0.3) is 0 Å². The molecule has 1 aromatic rings. The maximum absolute atomic E-state index is 3.48. The second-order valence-electron chi connectivity index (χ2n) is 3.66. The van der Waals surface area contributed by atoms with E-state index < -0.39 is 0 Å². The van der Waals surface area contributed by atoms with E-state index in [1.165, 1.54) is 32.1 Å². The van der Waals surface area contributed by atoms with Crippen LogP contribution in [0.3, 0.4) is 0 Å². The third-order valence-corrected chi connectivity index (χ3v) is 3.06. The topological polar surface area (TPSA) is 0 Å². The first-order valence-corrected chi connectivity index (χ1v) is 6.63. The zero-order valence-corrected chi connectivity index (χ0v) is 10.5. The van der Waals surface area contributed by atoms with Crippen molar-refractivity contribution in [1.29, 1.82) is 0 Å². The number of alkyl halides is 1. The van der Waals surface area contributed by atoms with E-state index in [0.29, 0.717) is 0 Å². The average Bonchev–Trinajstić information content (AvgIpc) is 2.24. The number of hydrogen-bond acceptors (Lipinski definition) is 0. The van der Waals surface area contributed by atoms with Gasteiger partial charge in [0, 0.05) is 5.33 Å². The van der Waals surface area contributed by atoms with Crippen molar-refractivity contribution >= 4 is 15.9 Å². The molecule has 14 heavy (non-hydrogen) atoms. The van der Waals surface area contributed by atoms with Gasteiger partial charge in [-0.15, -0.1) is 0 Å². The third-order valence-electron chi connectivity index (χ3n) is 2.50. The summed E-state index contributed by atoms with van der Waals surface area (Å²) in [6.45, 7) is 2.25. The van der Waals surface area contributed by atoms with Crippen molar-refractivity contribution in [1.82, 2.24) is 0 Å². The molecule has 0 aliphatic rings. The highest BCUT2D eigenvalue weighted by Gasteiger charge is 2.00. The Kier molecular flexibility index (Phi) is 5.93. The molecule has 1 aromatic carbocycles. The monoisotopic (exact) mass is 254 g/mol. The molecule has 1 rings (SSSR count). The predicted molar refractivity (Wildman–Crippen MR) is 67.2 cm³/mol. The van der Waals surface area contributed by atoms with Crippen LogP contribution in [0.25, 0.3) is 0 Å². The molecule has 0 atom stereocenters. The van der Waals surface area contributed by atoms with Crippen molar-refractivity contribution in [3.8, 4) is 0 Å². The van der Waals surface area contributed by atoms with E-state index in [0.717, 1.165) is 5.33 Å². The molecule has 1 heteroatoms. The van der Waals surface area contributed by atoms with Crippen molar-refractivity contribution in [2.75, 3.05) is 5.33 Å². The smallest absolute Gasteiger partial charge is 0.00344 e. The minimum absolute atomic E-state index is 1.11. The number of hydrogen-bond donors (Lipinski definition) is 0. The van der Waals surface area contributed by atoms with Crippen LogP contribution >= 0.6 is 15.9 Å². The Morgan fingerprint density at radius 1 is 1.00 bits per heavy atom. The molecule has 0 unspecified atom stereocenters.